The molecule has 0 bridgehead atoms. The van der Waals surface area contributed by atoms with Crippen LogP contribution in [0.5, 0.6) is 0 Å². The van der Waals surface area contributed by atoms with Crippen molar-refractivity contribution in [2.45, 2.75) is 26.8 Å². The van der Waals surface area contributed by atoms with E-state index in [1.165, 1.54) is 5.56 Å². The van der Waals surface area contributed by atoms with Gasteiger partial charge in [0.1, 0.15) is 17.6 Å². The molecule has 6 heteroatoms. The normalized spacial score (nSPS) is 16.9. The number of allylic oxidation sites excluding steroid dienone is 1. The van der Waals surface area contributed by atoms with Crippen LogP contribution in [-0.4, -0.2) is 25.8 Å². The Bertz CT molecular complexity index is 761. The number of nitrogens with zero attached hydrogens (tertiary/aromatic N) is 3. The Hall–Kier alpha value is -2.63. The highest BCUT2D eigenvalue weighted by molar-refractivity contribution is 5.90. The maximum absolute atomic E-state index is 11.3. The van der Waals surface area contributed by atoms with E-state index in [4.69, 9.17) is 0 Å². The Morgan fingerprint density at radius 3 is 2.76 bits per heavy atom. The maximum atomic E-state index is 11.3. The smallest absolute Gasteiger partial charge is 0.352 e. The minimum atomic E-state index is -1.00. The van der Waals surface area contributed by atoms with Crippen LogP contribution >= 0.6 is 0 Å². The summed E-state index contributed by atoms with van der Waals surface area (Å²) in [5, 5.41) is 16.4. The molecule has 1 atom stereocenters. The third kappa shape index (κ3) is 2.29. The summed E-state index contributed by atoms with van der Waals surface area (Å²) in [6.45, 7) is 5.83. The number of anilines is 1. The average molecular weight is 284 g/mol. The number of carbonyl (C=O) groups is 1. The first-order chi connectivity index (χ1) is 9.95. The topological polar surface area (TPSA) is 80.0 Å². The molecular formula is C15H16N4O2. The highest BCUT2D eigenvalue weighted by atomic mass is 16.4. The van der Waals surface area contributed by atoms with Crippen LogP contribution in [0.25, 0.3) is 0 Å². The lowest BCUT2D eigenvalue weighted by Crippen LogP contribution is -2.24. The molecule has 0 saturated heterocycles. The summed E-state index contributed by atoms with van der Waals surface area (Å²) < 4.78 is 1.72. The van der Waals surface area contributed by atoms with Crippen molar-refractivity contribution in [3.8, 4) is 0 Å². The Balaban J connectivity index is 2.16. The molecule has 1 aliphatic rings. The Labute approximate surface area is 122 Å². The second kappa shape index (κ2) is 4.73. The average Bonchev–Trinajstić information content (AvgIpc) is 2.78. The van der Waals surface area contributed by atoms with Gasteiger partial charge in [0, 0.05) is 0 Å². The predicted octanol–water partition coefficient (Wildman–Crippen LogP) is 2.19. The van der Waals surface area contributed by atoms with Crippen molar-refractivity contribution in [1.29, 1.82) is 0 Å². The molecule has 0 fully saturated rings. The van der Waals surface area contributed by atoms with Gasteiger partial charge in [0.2, 0.25) is 5.95 Å². The van der Waals surface area contributed by atoms with Crippen LogP contribution in [0.15, 0.2) is 30.0 Å². The van der Waals surface area contributed by atoms with Gasteiger partial charge in [-0.2, -0.15) is 10.1 Å². The molecule has 2 heterocycles. The van der Waals surface area contributed by atoms with Crippen LogP contribution in [-0.2, 0) is 4.79 Å². The number of hydrogen-bond acceptors (Lipinski definition) is 4. The number of aryl methyl sites for hydroxylation is 3. The van der Waals surface area contributed by atoms with Gasteiger partial charge in [-0.1, -0.05) is 23.8 Å². The SMILES string of the molecule is Cc1ccc(C2C=C(C(=O)O)Nc3nc(C)nn32)c(C)c1. The molecule has 1 aromatic carbocycles. The number of aromatic nitrogens is 3. The molecule has 3 rings (SSSR count). The molecular weight excluding hydrogens is 268 g/mol. The van der Waals surface area contributed by atoms with Crippen molar-refractivity contribution in [3.05, 3.63) is 52.5 Å². The zero-order valence-electron chi connectivity index (χ0n) is 12.1. The molecule has 1 unspecified atom stereocenters. The molecule has 1 aromatic heterocycles. The van der Waals surface area contributed by atoms with E-state index in [-0.39, 0.29) is 11.7 Å². The Morgan fingerprint density at radius 2 is 2.10 bits per heavy atom. The van der Waals surface area contributed by atoms with Crippen molar-refractivity contribution in [2.24, 2.45) is 0 Å². The first-order valence-corrected chi connectivity index (χ1v) is 6.68. The minimum Gasteiger partial charge on any atom is -0.477 e. The lowest BCUT2D eigenvalue weighted by Gasteiger charge is -2.23. The molecule has 0 spiro atoms. The summed E-state index contributed by atoms with van der Waals surface area (Å²) in [6.07, 6.45) is 1.67. The molecule has 0 amide bonds. The molecule has 0 saturated carbocycles. The predicted molar refractivity (Wildman–Crippen MR) is 78.2 cm³/mol. The van der Waals surface area contributed by atoms with E-state index in [9.17, 15) is 9.90 Å². The van der Waals surface area contributed by atoms with Crippen molar-refractivity contribution in [1.82, 2.24) is 14.8 Å². The van der Waals surface area contributed by atoms with E-state index < -0.39 is 5.97 Å². The first kappa shape index (κ1) is 13.4. The fourth-order valence-corrected chi connectivity index (χ4v) is 2.60. The second-order valence-electron chi connectivity index (χ2n) is 5.24. The summed E-state index contributed by atoms with van der Waals surface area (Å²) in [5.74, 6) is 0.0568. The highest BCUT2D eigenvalue weighted by Crippen LogP contribution is 2.30. The second-order valence-corrected chi connectivity index (χ2v) is 5.24. The molecule has 0 aliphatic carbocycles. The fourth-order valence-electron chi connectivity index (χ4n) is 2.60. The van der Waals surface area contributed by atoms with E-state index in [1.807, 2.05) is 26.0 Å². The van der Waals surface area contributed by atoms with Gasteiger partial charge in [-0.25, -0.2) is 9.48 Å². The number of hydrogen-bond donors (Lipinski definition) is 2. The third-order valence-corrected chi connectivity index (χ3v) is 3.55. The zero-order valence-corrected chi connectivity index (χ0v) is 12.1. The minimum absolute atomic E-state index is 0.125. The van der Waals surface area contributed by atoms with Gasteiger partial charge >= 0.3 is 5.97 Å². The summed E-state index contributed by atoms with van der Waals surface area (Å²) >= 11 is 0. The first-order valence-electron chi connectivity index (χ1n) is 6.68. The van der Waals surface area contributed by atoms with E-state index in [2.05, 4.69) is 21.5 Å². The molecule has 2 aromatic rings. The van der Waals surface area contributed by atoms with Gasteiger partial charge in [-0.15, -0.1) is 0 Å². The van der Waals surface area contributed by atoms with Gasteiger partial charge in [0.25, 0.3) is 0 Å². The maximum Gasteiger partial charge on any atom is 0.352 e. The van der Waals surface area contributed by atoms with Gasteiger partial charge < -0.3 is 10.4 Å². The summed E-state index contributed by atoms with van der Waals surface area (Å²) in [7, 11) is 0. The van der Waals surface area contributed by atoms with E-state index in [0.717, 1.165) is 11.1 Å². The van der Waals surface area contributed by atoms with Crippen LogP contribution < -0.4 is 5.32 Å². The van der Waals surface area contributed by atoms with E-state index >= 15 is 0 Å². The van der Waals surface area contributed by atoms with E-state index in [0.29, 0.717) is 11.8 Å². The molecule has 21 heavy (non-hydrogen) atoms. The molecule has 2 N–H and O–H groups in total. The third-order valence-electron chi connectivity index (χ3n) is 3.55. The van der Waals surface area contributed by atoms with Gasteiger partial charge in [0.15, 0.2) is 0 Å². The summed E-state index contributed by atoms with van der Waals surface area (Å²) in [6, 6.07) is 5.84. The van der Waals surface area contributed by atoms with Crippen LogP contribution in [0.4, 0.5) is 5.95 Å². The quantitative estimate of drug-likeness (QED) is 0.883. The van der Waals surface area contributed by atoms with Crippen LogP contribution in [0.1, 0.15) is 28.6 Å². The number of fused-ring (bicyclic) bond motifs is 1. The van der Waals surface area contributed by atoms with Crippen LogP contribution in [0.3, 0.4) is 0 Å². The zero-order chi connectivity index (χ0) is 15.1. The van der Waals surface area contributed by atoms with Crippen molar-refractivity contribution < 1.29 is 9.90 Å². The lowest BCUT2D eigenvalue weighted by atomic mass is 9.98. The number of carboxylic acids is 1. The monoisotopic (exact) mass is 284 g/mol. The number of nitrogens with one attached hydrogen (secondary N) is 1. The van der Waals surface area contributed by atoms with Crippen LogP contribution in [0.2, 0.25) is 0 Å². The number of benzene rings is 1. The fraction of sp³-hybridized carbons (Fsp3) is 0.267. The van der Waals surface area contributed by atoms with Gasteiger partial charge in [0.05, 0.1) is 0 Å². The number of carboxylic acid groups (broad SMARTS) is 1. The molecule has 1 aliphatic heterocycles. The van der Waals surface area contributed by atoms with Gasteiger partial charge in [-0.05, 0) is 38.0 Å². The van der Waals surface area contributed by atoms with Gasteiger partial charge in [-0.3, -0.25) is 0 Å². The molecule has 6 nitrogen and oxygen atoms in total. The number of aliphatic carboxylic acids is 1. The summed E-state index contributed by atoms with van der Waals surface area (Å²) in [5.41, 5.74) is 3.41. The van der Waals surface area contributed by atoms with Crippen molar-refractivity contribution in [2.75, 3.05) is 5.32 Å². The largest absolute Gasteiger partial charge is 0.477 e. The molecule has 108 valence electrons. The highest BCUT2D eigenvalue weighted by Gasteiger charge is 2.27. The summed E-state index contributed by atoms with van der Waals surface area (Å²) in [4.78, 5) is 15.5. The Morgan fingerprint density at radius 1 is 1.33 bits per heavy atom. The van der Waals surface area contributed by atoms with Crippen molar-refractivity contribution in [3.63, 3.8) is 0 Å². The lowest BCUT2D eigenvalue weighted by molar-refractivity contribution is -0.132. The Kier molecular flexibility index (Phi) is 3.01. The molecule has 0 radical (unpaired) electrons. The standard InChI is InChI=1S/C15H16N4O2/c1-8-4-5-11(9(2)6-8)13-7-12(14(20)21)17-15-16-10(3)18-19(13)15/h4-7,13H,1-3H3,(H,20,21)(H,16,17,18). The van der Waals surface area contributed by atoms with E-state index in [1.54, 1.807) is 17.7 Å². The van der Waals surface area contributed by atoms with Crippen LogP contribution in [0, 0.1) is 20.8 Å². The number of rotatable bonds is 2. The van der Waals surface area contributed by atoms with Crippen molar-refractivity contribution >= 4 is 11.9 Å².